The largest absolute Gasteiger partial charge is 0.573 e. The van der Waals surface area contributed by atoms with E-state index in [2.05, 4.69) is 29.9 Å². The minimum absolute atomic E-state index is 0.156. The monoisotopic (exact) mass is 474 g/mol. The fourth-order valence-electron chi connectivity index (χ4n) is 4.68. The molecule has 1 nitrogen and oxygen atoms in total. The summed E-state index contributed by atoms with van der Waals surface area (Å²) in [6, 6.07) is 12.7. The van der Waals surface area contributed by atoms with E-state index in [9.17, 15) is 17.6 Å². The highest BCUT2D eigenvalue weighted by atomic mass is 19.4. The molecule has 0 saturated heterocycles. The van der Waals surface area contributed by atoms with Gasteiger partial charge in [-0.3, -0.25) is 0 Å². The fourth-order valence-corrected chi connectivity index (χ4v) is 4.68. The van der Waals surface area contributed by atoms with Crippen LogP contribution in [0.15, 0.2) is 48.5 Å². The van der Waals surface area contributed by atoms with Gasteiger partial charge in [-0.05, 0) is 71.2 Å². The highest BCUT2D eigenvalue weighted by Crippen LogP contribution is 2.39. The van der Waals surface area contributed by atoms with Crippen LogP contribution < -0.4 is 4.74 Å². The summed E-state index contributed by atoms with van der Waals surface area (Å²) in [7, 11) is 0. The first-order valence-electron chi connectivity index (χ1n) is 11.8. The second kappa shape index (κ2) is 10.2. The number of benzene rings is 3. The van der Waals surface area contributed by atoms with Gasteiger partial charge in [0.25, 0.3) is 0 Å². The lowest BCUT2D eigenvalue weighted by molar-refractivity contribution is -0.275. The summed E-state index contributed by atoms with van der Waals surface area (Å²) >= 11 is 0. The lowest BCUT2D eigenvalue weighted by Crippen LogP contribution is -2.17. The van der Waals surface area contributed by atoms with Gasteiger partial charge in [-0.1, -0.05) is 69.0 Å². The van der Waals surface area contributed by atoms with Gasteiger partial charge in [0.15, 0.2) is 11.6 Å². The Labute approximate surface area is 196 Å². The Balaban J connectivity index is 1.56. The SMILES string of the molecule is CCCCCCCc1ccc2c(c1)CCc1c-2ccc(-c2ccc(OC(F)(F)F)c(F)c2)c1F. The van der Waals surface area contributed by atoms with Crippen LogP contribution in [0.5, 0.6) is 5.75 Å². The number of halogens is 5. The lowest BCUT2D eigenvalue weighted by Gasteiger charge is -2.22. The van der Waals surface area contributed by atoms with Gasteiger partial charge in [-0.15, -0.1) is 13.2 Å². The van der Waals surface area contributed by atoms with Crippen molar-refractivity contribution in [3.8, 4) is 28.0 Å². The van der Waals surface area contributed by atoms with Gasteiger partial charge in [-0.2, -0.15) is 0 Å². The van der Waals surface area contributed by atoms with E-state index in [-0.39, 0.29) is 11.1 Å². The summed E-state index contributed by atoms with van der Waals surface area (Å²) in [6.45, 7) is 2.20. The molecule has 0 amide bonds. The Bertz CT molecular complexity index is 1170. The highest BCUT2D eigenvalue weighted by molar-refractivity contribution is 5.78. The third-order valence-corrected chi connectivity index (χ3v) is 6.38. The standard InChI is InChI=1S/C28H27F5O/c1-2-3-4-5-6-7-18-8-11-21-19(16-18)9-12-24-23(21)14-13-22(27(24)30)20-10-15-26(25(29)17-20)34-28(31,32)33/h8,10-11,13-17H,2-7,9,12H2,1H3. The number of fused-ring (bicyclic) bond motifs is 3. The molecule has 0 radical (unpaired) electrons. The number of unbranched alkanes of at least 4 members (excludes halogenated alkanes) is 4. The molecule has 3 aromatic carbocycles. The predicted octanol–water partition coefficient (Wildman–Crippen LogP) is 8.81. The molecule has 0 saturated carbocycles. The maximum absolute atomic E-state index is 15.5. The third-order valence-electron chi connectivity index (χ3n) is 6.38. The molecule has 0 bridgehead atoms. The van der Waals surface area contributed by atoms with Crippen LogP contribution in [-0.2, 0) is 19.3 Å². The van der Waals surface area contributed by atoms with Gasteiger partial charge >= 0.3 is 6.36 Å². The summed E-state index contributed by atoms with van der Waals surface area (Å²) < 4.78 is 70.5. The first-order chi connectivity index (χ1) is 16.3. The van der Waals surface area contributed by atoms with E-state index in [0.29, 0.717) is 18.4 Å². The highest BCUT2D eigenvalue weighted by Gasteiger charge is 2.32. The van der Waals surface area contributed by atoms with Crippen LogP contribution >= 0.6 is 0 Å². The van der Waals surface area contributed by atoms with Crippen molar-refractivity contribution in [1.82, 2.24) is 0 Å². The van der Waals surface area contributed by atoms with Crippen molar-refractivity contribution < 1.29 is 26.7 Å². The van der Waals surface area contributed by atoms with Crippen molar-refractivity contribution in [1.29, 1.82) is 0 Å². The number of aryl methyl sites for hydroxylation is 2. The van der Waals surface area contributed by atoms with E-state index in [0.717, 1.165) is 36.1 Å². The van der Waals surface area contributed by atoms with E-state index in [4.69, 9.17) is 0 Å². The molecule has 1 aliphatic carbocycles. The van der Waals surface area contributed by atoms with Crippen molar-refractivity contribution >= 4 is 0 Å². The number of rotatable bonds is 8. The van der Waals surface area contributed by atoms with E-state index in [1.165, 1.54) is 42.9 Å². The number of ether oxygens (including phenoxy) is 1. The van der Waals surface area contributed by atoms with Crippen LogP contribution in [0.25, 0.3) is 22.3 Å². The maximum atomic E-state index is 15.5. The average Bonchev–Trinajstić information content (AvgIpc) is 2.79. The van der Waals surface area contributed by atoms with Gasteiger partial charge < -0.3 is 4.74 Å². The molecule has 0 N–H and O–H groups in total. The molecule has 4 rings (SSSR count). The van der Waals surface area contributed by atoms with Crippen molar-refractivity contribution in [2.24, 2.45) is 0 Å². The van der Waals surface area contributed by atoms with E-state index in [1.807, 2.05) is 6.07 Å². The molecule has 0 fully saturated rings. The molecule has 6 heteroatoms. The summed E-state index contributed by atoms with van der Waals surface area (Å²) in [6.07, 6.45) is 3.41. The molecule has 0 aromatic heterocycles. The maximum Gasteiger partial charge on any atom is 0.573 e. The molecule has 1 aliphatic rings. The Hall–Kier alpha value is -2.89. The zero-order chi connectivity index (χ0) is 24.3. The van der Waals surface area contributed by atoms with Crippen LogP contribution in [-0.4, -0.2) is 6.36 Å². The smallest absolute Gasteiger partial charge is 0.403 e. The third kappa shape index (κ3) is 5.43. The normalized spacial score (nSPS) is 12.9. The molecule has 180 valence electrons. The Morgan fingerprint density at radius 1 is 0.794 bits per heavy atom. The van der Waals surface area contributed by atoms with E-state index < -0.39 is 23.7 Å². The van der Waals surface area contributed by atoms with Crippen LogP contribution in [0.4, 0.5) is 22.0 Å². The molecule has 0 spiro atoms. The molecule has 34 heavy (non-hydrogen) atoms. The van der Waals surface area contributed by atoms with E-state index in [1.54, 1.807) is 6.07 Å². The molecule has 3 aromatic rings. The summed E-state index contributed by atoms with van der Waals surface area (Å²) in [5, 5.41) is 0. The molecular formula is C28H27F5O. The molecular weight excluding hydrogens is 447 g/mol. The first-order valence-corrected chi connectivity index (χ1v) is 11.8. The van der Waals surface area contributed by atoms with Gasteiger partial charge in [0, 0.05) is 5.56 Å². The topological polar surface area (TPSA) is 9.23 Å². The Morgan fingerprint density at radius 3 is 2.26 bits per heavy atom. The Kier molecular flexibility index (Phi) is 7.24. The van der Waals surface area contributed by atoms with Gasteiger partial charge in [-0.25, -0.2) is 8.78 Å². The minimum Gasteiger partial charge on any atom is -0.403 e. The quantitative estimate of drug-likeness (QED) is 0.234. The zero-order valence-corrected chi connectivity index (χ0v) is 19.1. The number of alkyl halides is 3. The van der Waals surface area contributed by atoms with Gasteiger partial charge in [0.05, 0.1) is 0 Å². The van der Waals surface area contributed by atoms with Gasteiger partial charge in [0.2, 0.25) is 0 Å². The summed E-state index contributed by atoms with van der Waals surface area (Å²) in [5.41, 5.74) is 5.18. The van der Waals surface area contributed by atoms with Crippen molar-refractivity contribution in [2.75, 3.05) is 0 Å². The summed E-state index contributed by atoms with van der Waals surface area (Å²) in [4.78, 5) is 0. The van der Waals surface area contributed by atoms with Crippen LogP contribution in [0, 0.1) is 11.6 Å². The lowest BCUT2D eigenvalue weighted by atomic mass is 9.82. The van der Waals surface area contributed by atoms with Crippen molar-refractivity contribution in [3.63, 3.8) is 0 Å². The molecule has 0 unspecified atom stereocenters. The number of hydrogen-bond donors (Lipinski definition) is 0. The number of hydrogen-bond acceptors (Lipinski definition) is 1. The van der Waals surface area contributed by atoms with Crippen molar-refractivity contribution in [2.45, 2.75) is 64.7 Å². The average molecular weight is 475 g/mol. The summed E-state index contributed by atoms with van der Waals surface area (Å²) in [5.74, 6) is -2.60. The zero-order valence-electron chi connectivity index (χ0n) is 19.1. The van der Waals surface area contributed by atoms with Crippen LogP contribution in [0.2, 0.25) is 0 Å². The van der Waals surface area contributed by atoms with Crippen LogP contribution in [0.1, 0.15) is 55.7 Å². The molecule has 0 aliphatic heterocycles. The second-order valence-electron chi connectivity index (χ2n) is 8.80. The van der Waals surface area contributed by atoms with E-state index >= 15 is 4.39 Å². The fraction of sp³-hybridized carbons (Fsp3) is 0.357. The van der Waals surface area contributed by atoms with Gasteiger partial charge in [0.1, 0.15) is 5.82 Å². The molecule has 0 heterocycles. The van der Waals surface area contributed by atoms with Crippen molar-refractivity contribution in [3.05, 3.63) is 76.9 Å². The molecule has 0 atom stereocenters. The minimum atomic E-state index is -5.00. The second-order valence-corrected chi connectivity index (χ2v) is 8.80. The van der Waals surface area contributed by atoms with Crippen LogP contribution in [0.3, 0.4) is 0 Å². The Morgan fingerprint density at radius 2 is 1.53 bits per heavy atom. The predicted molar refractivity (Wildman–Crippen MR) is 124 cm³/mol. The first kappa shape index (κ1) is 24.2.